The summed E-state index contributed by atoms with van der Waals surface area (Å²) in [6, 6.07) is 4.03. The molecule has 0 saturated carbocycles. The number of rotatable bonds is 10. The number of nitro groups is 1. The molecule has 1 aromatic heterocycles. The number of unbranched alkanes of at least 4 members (excludes halogenated alkanes) is 2. The molecule has 0 radical (unpaired) electrons. The van der Waals surface area contributed by atoms with E-state index in [9.17, 15) is 29.3 Å². The Labute approximate surface area is 237 Å². The lowest BCUT2D eigenvalue weighted by atomic mass is 9.72. The molecular formula is C29H35N3O7S. The quantitative estimate of drug-likeness (QED) is 0.126. The fourth-order valence-electron chi connectivity index (χ4n) is 5.42. The minimum Gasteiger partial charge on any atom is -0.462 e. The molecule has 1 atom stereocenters. The Morgan fingerprint density at radius 2 is 1.93 bits per heavy atom. The van der Waals surface area contributed by atoms with E-state index in [0.717, 1.165) is 34.6 Å². The average molecular weight is 570 g/mol. The topological polar surface area (TPSA) is 136 Å². The van der Waals surface area contributed by atoms with Crippen molar-refractivity contribution >= 4 is 45.7 Å². The molecule has 0 fully saturated rings. The Kier molecular flexibility index (Phi) is 8.72. The van der Waals surface area contributed by atoms with Gasteiger partial charge in [0.2, 0.25) is 5.91 Å². The van der Waals surface area contributed by atoms with Crippen LogP contribution in [0.2, 0.25) is 0 Å². The van der Waals surface area contributed by atoms with Gasteiger partial charge in [-0.3, -0.25) is 29.4 Å². The van der Waals surface area contributed by atoms with Crippen LogP contribution in [0.15, 0.2) is 18.2 Å². The number of imide groups is 1. The van der Waals surface area contributed by atoms with Crippen LogP contribution >= 0.6 is 11.3 Å². The first-order valence-electron chi connectivity index (χ1n) is 13.7. The van der Waals surface area contributed by atoms with Crippen LogP contribution in [0.25, 0.3) is 0 Å². The monoisotopic (exact) mass is 569 g/mol. The summed E-state index contributed by atoms with van der Waals surface area (Å²) in [5.74, 6) is -1.33. The number of nitro benzene ring substituents is 1. The van der Waals surface area contributed by atoms with Gasteiger partial charge in [0.05, 0.1) is 22.7 Å². The normalized spacial score (nSPS) is 16.5. The van der Waals surface area contributed by atoms with Gasteiger partial charge in [-0.15, -0.1) is 11.3 Å². The highest BCUT2D eigenvalue weighted by Gasteiger charge is 2.40. The minimum atomic E-state index is -0.660. The van der Waals surface area contributed by atoms with Crippen molar-refractivity contribution in [3.8, 4) is 0 Å². The average Bonchev–Trinajstić information content (AvgIpc) is 3.37. The van der Waals surface area contributed by atoms with Gasteiger partial charge in [0, 0.05) is 23.9 Å². The third-order valence-corrected chi connectivity index (χ3v) is 8.85. The fraction of sp³-hybridized carbons (Fsp3) is 0.517. The van der Waals surface area contributed by atoms with Crippen molar-refractivity contribution in [2.24, 2.45) is 11.3 Å². The number of carbonyl (C=O) groups excluding carboxylic acids is 4. The largest absolute Gasteiger partial charge is 0.462 e. The molecule has 40 heavy (non-hydrogen) atoms. The Morgan fingerprint density at radius 1 is 1.18 bits per heavy atom. The van der Waals surface area contributed by atoms with E-state index in [-0.39, 0.29) is 47.7 Å². The third kappa shape index (κ3) is 5.94. The van der Waals surface area contributed by atoms with Crippen molar-refractivity contribution in [3.63, 3.8) is 0 Å². The molecule has 0 spiro atoms. The van der Waals surface area contributed by atoms with Crippen LogP contribution in [-0.4, -0.2) is 46.7 Å². The number of nitrogens with zero attached hydrogens (tertiary/aromatic N) is 2. The number of nitrogens with one attached hydrogen (secondary N) is 1. The first kappa shape index (κ1) is 29.4. The number of fused-ring (bicyclic) bond motifs is 2. The second kappa shape index (κ2) is 11.9. The molecule has 10 nitrogen and oxygen atoms in total. The number of esters is 1. The zero-order chi connectivity index (χ0) is 29.2. The SMILES string of the molecule is CCOC(=O)c1c(NC(=O)CCCCCN2C(=O)c3cccc([N+](=O)[O-])c3C2=O)sc2c1CCC(C(C)(C)C)C2. The molecule has 1 aliphatic heterocycles. The molecule has 3 amide bonds. The van der Waals surface area contributed by atoms with E-state index in [1.807, 2.05) is 0 Å². The van der Waals surface area contributed by atoms with Gasteiger partial charge in [-0.05, 0) is 62.0 Å². The maximum absolute atomic E-state index is 12.8. The molecule has 0 bridgehead atoms. The first-order chi connectivity index (χ1) is 18.9. The Hall–Kier alpha value is -3.60. The predicted octanol–water partition coefficient (Wildman–Crippen LogP) is 5.78. The van der Waals surface area contributed by atoms with Crippen LogP contribution in [0.3, 0.4) is 0 Å². The second-order valence-corrected chi connectivity index (χ2v) is 12.4. The van der Waals surface area contributed by atoms with E-state index in [1.165, 1.54) is 29.5 Å². The lowest BCUT2D eigenvalue weighted by Crippen LogP contribution is -2.30. The molecule has 2 heterocycles. The second-order valence-electron chi connectivity index (χ2n) is 11.3. The lowest BCUT2D eigenvalue weighted by molar-refractivity contribution is -0.385. The van der Waals surface area contributed by atoms with E-state index in [2.05, 4.69) is 26.1 Å². The van der Waals surface area contributed by atoms with Crippen molar-refractivity contribution in [1.29, 1.82) is 0 Å². The number of anilines is 1. The summed E-state index contributed by atoms with van der Waals surface area (Å²) in [5.41, 5.74) is 1.12. The van der Waals surface area contributed by atoms with Gasteiger partial charge >= 0.3 is 5.97 Å². The van der Waals surface area contributed by atoms with Crippen molar-refractivity contribution in [2.75, 3.05) is 18.5 Å². The first-order valence-corrected chi connectivity index (χ1v) is 14.5. The van der Waals surface area contributed by atoms with Crippen molar-refractivity contribution in [1.82, 2.24) is 4.90 Å². The summed E-state index contributed by atoms with van der Waals surface area (Å²) in [4.78, 5) is 63.7. The molecule has 2 aromatic rings. The number of amides is 3. The number of thiophene rings is 1. The number of benzene rings is 1. The number of ether oxygens (including phenoxy) is 1. The van der Waals surface area contributed by atoms with Crippen LogP contribution in [-0.2, 0) is 22.4 Å². The van der Waals surface area contributed by atoms with Crippen LogP contribution in [0.5, 0.6) is 0 Å². The van der Waals surface area contributed by atoms with Crippen LogP contribution in [0.1, 0.15) is 101 Å². The fourth-order valence-corrected chi connectivity index (χ4v) is 6.76. The van der Waals surface area contributed by atoms with Gasteiger partial charge in [0.25, 0.3) is 17.5 Å². The van der Waals surface area contributed by atoms with Crippen molar-refractivity contribution in [2.45, 2.75) is 72.6 Å². The molecule has 4 rings (SSSR count). The summed E-state index contributed by atoms with van der Waals surface area (Å²) < 4.78 is 5.31. The highest BCUT2D eigenvalue weighted by atomic mass is 32.1. The van der Waals surface area contributed by atoms with E-state index >= 15 is 0 Å². The third-order valence-electron chi connectivity index (χ3n) is 7.68. The summed E-state index contributed by atoms with van der Waals surface area (Å²) in [6.07, 6.45) is 4.38. The van der Waals surface area contributed by atoms with E-state index in [1.54, 1.807) is 6.92 Å². The predicted molar refractivity (Wildman–Crippen MR) is 151 cm³/mol. The molecule has 214 valence electrons. The number of hydrogen-bond acceptors (Lipinski definition) is 8. The van der Waals surface area contributed by atoms with Gasteiger partial charge in [-0.2, -0.15) is 0 Å². The van der Waals surface area contributed by atoms with Crippen LogP contribution < -0.4 is 5.32 Å². The van der Waals surface area contributed by atoms with Gasteiger partial charge in [-0.1, -0.05) is 33.3 Å². The molecule has 1 aliphatic carbocycles. The van der Waals surface area contributed by atoms with Gasteiger partial charge < -0.3 is 10.1 Å². The maximum Gasteiger partial charge on any atom is 0.341 e. The zero-order valence-corrected chi connectivity index (χ0v) is 24.2. The summed E-state index contributed by atoms with van der Waals surface area (Å²) >= 11 is 1.46. The smallest absolute Gasteiger partial charge is 0.341 e. The van der Waals surface area contributed by atoms with Crippen molar-refractivity contribution < 1.29 is 28.8 Å². The van der Waals surface area contributed by atoms with Gasteiger partial charge in [-0.25, -0.2) is 4.79 Å². The Morgan fingerprint density at radius 3 is 2.60 bits per heavy atom. The number of hydrogen-bond donors (Lipinski definition) is 1. The molecule has 1 aromatic carbocycles. The van der Waals surface area contributed by atoms with E-state index in [0.29, 0.717) is 35.7 Å². The van der Waals surface area contributed by atoms with Crippen molar-refractivity contribution in [3.05, 3.63) is 55.4 Å². The van der Waals surface area contributed by atoms with Gasteiger partial charge in [0.1, 0.15) is 10.6 Å². The van der Waals surface area contributed by atoms with Crippen LogP contribution in [0.4, 0.5) is 10.7 Å². The molecule has 0 saturated heterocycles. The van der Waals surface area contributed by atoms with Crippen LogP contribution in [0, 0.1) is 21.4 Å². The Balaban J connectivity index is 1.33. The molecule has 1 N–H and O–H groups in total. The highest BCUT2D eigenvalue weighted by Crippen LogP contribution is 2.44. The summed E-state index contributed by atoms with van der Waals surface area (Å²) in [6.45, 7) is 8.80. The number of carbonyl (C=O) groups is 4. The molecule has 11 heteroatoms. The minimum absolute atomic E-state index is 0.0449. The van der Waals surface area contributed by atoms with E-state index < -0.39 is 22.7 Å². The molecule has 1 unspecified atom stereocenters. The van der Waals surface area contributed by atoms with E-state index in [4.69, 9.17) is 4.74 Å². The summed E-state index contributed by atoms with van der Waals surface area (Å²) in [5, 5.41) is 14.7. The highest BCUT2D eigenvalue weighted by molar-refractivity contribution is 7.17. The maximum atomic E-state index is 12.8. The molecular weight excluding hydrogens is 534 g/mol. The summed E-state index contributed by atoms with van der Waals surface area (Å²) in [7, 11) is 0. The molecule has 2 aliphatic rings. The standard InChI is InChI=1S/C29H35N3O7S/c1-5-39-28(36)24-18-14-13-17(29(2,3)4)16-21(18)40-25(24)30-22(33)12-7-6-8-15-31-26(34)19-10-9-11-20(32(37)38)23(19)27(31)35/h9-11,17H,5-8,12-16H2,1-4H3,(H,30,33). The zero-order valence-electron chi connectivity index (χ0n) is 23.3. The Bertz CT molecular complexity index is 1360. The lowest BCUT2D eigenvalue weighted by Gasteiger charge is -2.33. The van der Waals surface area contributed by atoms with Gasteiger partial charge in [0.15, 0.2) is 0 Å².